The summed E-state index contributed by atoms with van der Waals surface area (Å²) in [4.78, 5) is 23.8. The molecule has 4 nitrogen and oxygen atoms in total. The molecule has 1 heterocycles. The number of carbonyl (C=O) groups is 2. The molecule has 0 spiro atoms. The monoisotopic (exact) mass is 264 g/mol. The molecule has 6 atom stereocenters. The van der Waals surface area contributed by atoms with Crippen molar-refractivity contribution in [3.63, 3.8) is 0 Å². The van der Waals surface area contributed by atoms with Gasteiger partial charge in [-0.05, 0) is 18.8 Å². The Morgan fingerprint density at radius 3 is 2.74 bits per heavy atom. The van der Waals surface area contributed by atoms with Crippen molar-refractivity contribution < 1.29 is 19.1 Å². The lowest BCUT2D eigenvalue weighted by Crippen LogP contribution is -2.36. The first-order chi connectivity index (χ1) is 9.04. The Morgan fingerprint density at radius 2 is 2.05 bits per heavy atom. The van der Waals surface area contributed by atoms with Crippen LogP contribution in [0.2, 0.25) is 0 Å². The summed E-state index contributed by atoms with van der Waals surface area (Å²) in [5.74, 6) is 0.352. The molecule has 19 heavy (non-hydrogen) atoms. The number of ether oxygens (including phenoxy) is 2. The quantitative estimate of drug-likeness (QED) is 0.534. The zero-order valence-corrected chi connectivity index (χ0v) is 11.4. The van der Waals surface area contributed by atoms with Gasteiger partial charge in [0.1, 0.15) is 11.9 Å². The first-order valence-corrected chi connectivity index (χ1v) is 7.00. The molecule has 4 heteroatoms. The van der Waals surface area contributed by atoms with Crippen molar-refractivity contribution in [1.82, 2.24) is 0 Å². The third kappa shape index (κ3) is 1.76. The van der Waals surface area contributed by atoms with Crippen molar-refractivity contribution in [2.45, 2.75) is 38.4 Å². The highest BCUT2D eigenvalue weighted by Crippen LogP contribution is 2.50. The molecule has 6 unspecified atom stereocenters. The van der Waals surface area contributed by atoms with Crippen LogP contribution in [0.15, 0.2) is 12.2 Å². The van der Waals surface area contributed by atoms with Gasteiger partial charge < -0.3 is 9.47 Å². The fraction of sp³-hybridized carbons (Fsp3) is 0.733. The SMILES string of the molecule is C=C1C(=O)OC2C1C(OC)CCC1CC(=O)C(C)C12. The molecule has 1 saturated heterocycles. The standard InChI is InChI=1S/C15H20O4/c1-7-10(16)6-9-4-5-11(18-3)13-8(2)15(17)19-14(13)12(7)9/h7,9,11-14H,2,4-6H2,1,3H3. The molecule has 0 aromatic carbocycles. The van der Waals surface area contributed by atoms with E-state index < -0.39 is 0 Å². The van der Waals surface area contributed by atoms with Crippen LogP contribution in [0.25, 0.3) is 0 Å². The first-order valence-electron chi connectivity index (χ1n) is 7.00. The van der Waals surface area contributed by atoms with Crippen molar-refractivity contribution in [1.29, 1.82) is 0 Å². The molecule has 104 valence electrons. The molecule has 0 aromatic rings. The average Bonchev–Trinajstić information content (AvgIpc) is 2.76. The normalized spacial score (nSPS) is 45.7. The average molecular weight is 264 g/mol. The Morgan fingerprint density at radius 1 is 1.32 bits per heavy atom. The highest BCUT2D eigenvalue weighted by molar-refractivity contribution is 5.91. The Labute approximate surface area is 113 Å². The van der Waals surface area contributed by atoms with E-state index in [4.69, 9.17) is 9.47 Å². The molecule has 0 N–H and O–H groups in total. The second kappa shape index (κ2) is 4.44. The minimum atomic E-state index is -0.316. The third-order valence-corrected chi connectivity index (χ3v) is 5.26. The van der Waals surface area contributed by atoms with Crippen molar-refractivity contribution in [2.75, 3.05) is 7.11 Å². The van der Waals surface area contributed by atoms with Crippen LogP contribution in [0.5, 0.6) is 0 Å². The summed E-state index contributed by atoms with van der Waals surface area (Å²) >= 11 is 0. The maximum atomic E-state index is 12.0. The van der Waals surface area contributed by atoms with Crippen LogP contribution in [0.3, 0.4) is 0 Å². The molecule has 0 bridgehead atoms. The summed E-state index contributed by atoms with van der Waals surface area (Å²) in [6.07, 6.45) is 2.22. The van der Waals surface area contributed by atoms with Gasteiger partial charge in [-0.15, -0.1) is 0 Å². The van der Waals surface area contributed by atoms with Crippen LogP contribution < -0.4 is 0 Å². The smallest absolute Gasteiger partial charge is 0.334 e. The second-order valence-electron chi connectivity index (χ2n) is 6.07. The summed E-state index contributed by atoms with van der Waals surface area (Å²) in [7, 11) is 1.67. The van der Waals surface area contributed by atoms with Gasteiger partial charge in [0.15, 0.2) is 0 Å². The van der Waals surface area contributed by atoms with E-state index >= 15 is 0 Å². The first kappa shape index (κ1) is 12.9. The van der Waals surface area contributed by atoms with Crippen LogP contribution in [0, 0.1) is 23.7 Å². The van der Waals surface area contributed by atoms with Crippen molar-refractivity contribution in [3.8, 4) is 0 Å². The Balaban J connectivity index is 1.98. The Kier molecular flexibility index (Phi) is 3.01. The maximum Gasteiger partial charge on any atom is 0.334 e. The van der Waals surface area contributed by atoms with Gasteiger partial charge >= 0.3 is 5.97 Å². The van der Waals surface area contributed by atoms with E-state index in [0.29, 0.717) is 23.7 Å². The zero-order valence-electron chi connectivity index (χ0n) is 11.4. The molecule has 3 fully saturated rings. The van der Waals surface area contributed by atoms with Gasteiger partial charge in [-0.2, -0.15) is 0 Å². The van der Waals surface area contributed by atoms with Gasteiger partial charge in [-0.3, -0.25) is 4.79 Å². The van der Waals surface area contributed by atoms with Crippen molar-refractivity contribution >= 4 is 11.8 Å². The highest BCUT2D eigenvalue weighted by atomic mass is 16.6. The lowest BCUT2D eigenvalue weighted by molar-refractivity contribution is -0.143. The summed E-state index contributed by atoms with van der Waals surface area (Å²) in [6.45, 7) is 5.84. The largest absolute Gasteiger partial charge is 0.458 e. The van der Waals surface area contributed by atoms with Crippen LogP contribution in [-0.4, -0.2) is 31.1 Å². The topological polar surface area (TPSA) is 52.6 Å². The van der Waals surface area contributed by atoms with E-state index in [1.54, 1.807) is 7.11 Å². The van der Waals surface area contributed by atoms with Crippen LogP contribution in [0.1, 0.15) is 26.2 Å². The molecule has 1 aliphatic heterocycles. The van der Waals surface area contributed by atoms with E-state index in [1.807, 2.05) is 6.92 Å². The van der Waals surface area contributed by atoms with E-state index in [0.717, 1.165) is 12.8 Å². The molecule has 3 rings (SSSR count). The molecule has 3 aliphatic rings. The lowest BCUT2D eigenvalue weighted by Gasteiger charge is -2.29. The van der Waals surface area contributed by atoms with Gasteiger partial charge in [0, 0.05) is 30.9 Å². The molecule has 0 amide bonds. The maximum absolute atomic E-state index is 12.0. The highest BCUT2D eigenvalue weighted by Gasteiger charge is 2.56. The predicted octanol–water partition coefficient (Wildman–Crippen LogP) is 1.73. The Hall–Kier alpha value is -1.16. The number of fused-ring (bicyclic) bond motifs is 3. The summed E-state index contributed by atoms with van der Waals surface area (Å²) in [5.41, 5.74) is 0.518. The van der Waals surface area contributed by atoms with Gasteiger partial charge in [-0.1, -0.05) is 13.5 Å². The Bertz CT molecular complexity index is 441. The van der Waals surface area contributed by atoms with Gasteiger partial charge in [-0.25, -0.2) is 4.79 Å². The summed E-state index contributed by atoms with van der Waals surface area (Å²) in [6, 6.07) is 0. The molecular formula is C15H20O4. The molecular weight excluding hydrogens is 244 g/mol. The third-order valence-electron chi connectivity index (χ3n) is 5.26. The van der Waals surface area contributed by atoms with Crippen molar-refractivity contribution in [3.05, 3.63) is 12.2 Å². The van der Waals surface area contributed by atoms with Crippen molar-refractivity contribution in [2.24, 2.45) is 23.7 Å². The minimum Gasteiger partial charge on any atom is -0.458 e. The predicted molar refractivity (Wildman–Crippen MR) is 68.3 cm³/mol. The van der Waals surface area contributed by atoms with E-state index in [-0.39, 0.29) is 35.9 Å². The van der Waals surface area contributed by atoms with Gasteiger partial charge in [0.25, 0.3) is 0 Å². The number of Topliss-reactive ketones (excluding diaryl/α,β-unsaturated/α-hetero) is 1. The van der Waals surface area contributed by atoms with E-state index in [2.05, 4.69) is 6.58 Å². The molecule has 2 aliphatic carbocycles. The molecule has 0 aromatic heterocycles. The van der Waals surface area contributed by atoms with Gasteiger partial charge in [0.2, 0.25) is 0 Å². The van der Waals surface area contributed by atoms with E-state index in [1.165, 1.54) is 0 Å². The van der Waals surface area contributed by atoms with Gasteiger partial charge in [0.05, 0.1) is 12.0 Å². The number of carbonyl (C=O) groups excluding carboxylic acids is 2. The number of ketones is 1. The van der Waals surface area contributed by atoms with Crippen LogP contribution in [0.4, 0.5) is 0 Å². The molecule has 0 radical (unpaired) electrons. The number of rotatable bonds is 1. The fourth-order valence-corrected chi connectivity index (χ4v) is 4.23. The summed E-state index contributed by atoms with van der Waals surface area (Å²) in [5, 5.41) is 0. The number of hydrogen-bond acceptors (Lipinski definition) is 4. The number of hydrogen-bond donors (Lipinski definition) is 0. The lowest BCUT2D eigenvalue weighted by atomic mass is 9.79. The fourth-order valence-electron chi connectivity index (χ4n) is 4.23. The summed E-state index contributed by atoms with van der Waals surface area (Å²) < 4.78 is 11.1. The second-order valence-corrected chi connectivity index (χ2v) is 6.07. The van der Waals surface area contributed by atoms with Crippen LogP contribution in [-0.2, 0) is 19.1 Å². The zero-order chi connectivity index (χ0) is 13.7. The van der Waals surface area contributed by atoms with E-state index in [9.17, 15) is 9.59 Å². The number of esters is 1. The molecule has 2 saturated carbocycles. The number of methoxy groups -OCH3 is 1. The minimum absolute atomic E-state index is 0.0168. The van der Waals surface area contributed by atoms with Crippen LogP contribution >= 0.6 is 0 Å².